The monoisotopic (exact) mass is 199 g/mol. The summed E-state index contributed by atoms with van der Waals surface area (Å²) < 4.78 is 4.76. The van der Waals surface area contributed by atoms with E-state index in [2.05, 4.69) is 15.4 Å². The average molecular weight is 199 g/mol. The van der Waals surface area contributed by atoms with Crippen molar-refractivity contribution in [2.24, 2.45) is 0 Å². The van der Waals surface area contributed by atoms with Crippen LogP contribution in [0.4, 0.5) is 0 Å². The summed E-state index contributed by atoms with van der Waals surface area (Å²) in [7, 11) is 0. The number of rotatable bonds is 3. The van der Waals surface area contributed by atoms with Crippen molar-refractivity contribution in [3.63, 3.8) is 0 Å². The van der Waals surface area contributed by atoms with Gasteiger partial charge in [-0.1, -0.05) is 0 Å². The van der Waals surface area contributed by atoms with Crippen LogP contribution in [0, 0.1) is 0 Å². The molecule has 0 unspecified atom stereocenters. The molecule has 1 rings (SSSR count). The van der Waals surface area contributed by atoms with Gasteiger partial charge in [0.05, 0.1) is 6.10 Å². The molecule has 0 aliphatic carbocycles. The normalized spacial score (nSPS) is 10.2. The molecule has 76 valence electrons. The summed E-state index contributed by atoms with van der Waals surface area (Å²) in [6.45, 7) is 3.30. The van der Waals surface area contributed by atoms with Crippen LogP contribution in [0.3, 0.4) is 0 Å². The van der Waals surface area contributed by atoms with Gasteiger partial charge in [-0.25, -0.2) is 9.59 Å². The van der Waals surface area contributed by atoms with Crippen LogP contribution in [0.1, 0.15) is 34.8 Å². The molecule has 1 aromatic heterocycles. The Kier molecular flexibility index (Phi) is 2.80. The molecule has 0 aliphatic rings. The van der Waals surface area contributed by atoms with E-state index in [1.165, 1.54) is 0 Å². The minimum Gasteiger partial charge on any atom is -0.476 e. The SMILES string of the molecule is CC(C)OC(=O)c1n[nH]nc1C(=O)O. The number of ether oxygens (including phenoxy) is 1. The molecule has 0 amide bonds. The summed E-state index contributed by atoms with van der Waals surface area (Å²) in [5.41, 5.74) is -0.748. The zero-order valence-corrected chi connectivity index (χ0v) is 7.64. The van der Waals surface area contributed by atoms with Crippen molar-refractivity contribution >= 4 is 11.9 Å². The Morgan fingerprint density at radius 2 is 1.93 bits per heavy atom. The molecule has 0 saturated heterocycles. The number of hydrogen-bond donors (Lipinski definition) is 2. The van der Waals surface area contributed by atoms with Crippen LogP contribution >= 0.6 is 0 Å². The number of aromatic nitrogens is 3. The highest BCUT2D eigenvalue weighted by Crippen LogP contribution is 2.04. The van der Waals surface area contributed by atoms with Gasteiger partial charge in [0.15, 0.2) is 0 Å². The summed E-state index contributed by atoms with van der Waals surface area (Å²) in [5.74, 6) is -2.12. The van der Waals surface area contributed by atoms with Gasteiger partial charge in [-0.2, -0.15) is 5.21 Å². The van der Waals surface area contributed by atoms with Gasteiger partial charge in [-0.15, -0.1) is 10.2 Å². The van der Waals surface area contributed by atoms with Crippen LogP contribution in [0.2, 0.25) is 0 Å². The maximum Gasteiger partial charge on any atom is 0.361 e. The molecule has 0 fully saturated rings. The van der Waals surface area contributed by atoms with Crippen LogP contribution in [-0.4, -0.2) is 38.6 Å². The van der Waals surface area contributed by atoms with E-state index in [0.29, 0.717) is 0 Å². The molecule has 2 N–H and O–H groups in total. The topological polar surface area (TPSA) is 105 Å². The van der Waals surface area contributed by atoms with Crippen LogP contribution in [0.5, 0.6) is 0 Å². The Morgan fingerprint density at radius 3 is 2.43 bits per heavy atom. The van der Waals surface area contributed by atoms with Gasteiger partial charge in [-0.05, 0) is 13.8 Å². The molecular weight excluding hydrogens is 190 g/mol. The number of H-pyrrole nitrogens is 1. The van der Waals surface area contributed by atoms with E-state index in [9.17, 15) is 9.59 Å². The number of nitrogens with one attached hydrogen (secondary N) is 1. The van der Waals surface area contributed by atoms with E-state index in [0.717, 1.165) is 0 Å². The average Bonchev–Trinajstić information content (AvgIpc) is 2.49. The van der Waals surface area contributed by atoms with Crippen molar-refractivity contribution in [2.75, 3.05) is 0 Å². The molecular formula is C7H9N3O4. The maximum atomic E-state index is 11.2. The first-order valence-corrected chi connectivity index (χ1v) is 3.87. The van der Waals surface area contributed by atoms with Gasteiger partial charge >= 0.3 is 11.9 Å². The lowest BCUT2D eigenvalue weighted by molar-refractivity contribution is 0.0363. The highest BCUT2D eigenvalue weighted by Gasteiger charge is 2.23. The molecule has 1 heterocycles. The van der Waals surface area contributed by atoms with Crippen molar-refractivity contribution in [2.45, 2.75) is 20.0 Å². The lowest BCUT2D eigenvalue weighted by atomic mass is 10.3. The third kappa shape index (κ3) is 2.06. The lowest BCUT2D eigenvalue weighted by Crippen LogP contribution is -2.15. The number of carbonyl (C=O) groups excluding carboxylic acids is 1. The van der Waals surface area contributed by atoms with Gasteiger partial charge in [0.1, 0.15) is 0 Å². The summed E-state index contributed by atoms with van der Waals surface area (Å²) in [6, 6.07) is 0. The number of esters is 1. The third-order valence-electron chi connectivity index (χ3n) is 1.29. The number of aromatic amines is 1. The Balaban J connectivity index is 2.90. The van der Waals surface area contributed by atoms with Crippen molar-refractivity contribution < 1.29 is 19.4 Å². The van der Waals surface area contributed by atoms with Gasteiger partial charge in [0, 0.05) is 0 Å². The number of carboxylic acids is 1. The van der Waals surface area contributed by atoms with Gasteiger partial charge in [0.2, 0.25) is 11.4 Å². The van der Waals surface area contributed by atoms with E-state index >= 15 is 0 Å². The molecule has 1 aromatic rings. The van der Waals surface area contributed by atoms with Gasteiger partial charge in [-0.3, -0.25) is 0 Å². The van der Waals surface area contributed by atoms with E-state index in [1.807, 2.05) is 0 Å². The smallest absolute Gasteiger partial charge is 0.361 e. The van der Waals surface area contributed by atoms with E-state index in [1.54, 1.807) is 13.8 Å². The Morgan fingerprint density at radius 1 is 1.36 bits per heavy atom. The van der Waals surface area contributed by atoms with Crippen LogP contribution in [-0.2, 0) is 4.74 Å². The Bertz CT molecular complexity index is 358. The van der Waals surface area contributed by atoms with Gasteiger partial charge in [0.25, 0.3) is 0 Å². The third-order valence-corrected chi connectivity index (χ3v) is 1.29. The zero-order valence-electron chi connectivity index (χ0n) is 7.64. The first-order chi connectivity index (χ1) is 6.52. The molecule has 7 nitrogen and oxygen atoms in total. The first kappa shape index (κ1) is 10.2. The molecule has 7 heteroatoms. The van der Waals surface area contributed by atoms with Crippen LogP contribution in [0.15, 0.2) is 0 Å². The fourth-order valence-corrected chi connectivity index (χ4v) is 0.792. The highest BCUT2D eigenvalue weighted by atomic mass is 16.5. The molecule has 0 aromatic carbocycles. The van der Waals surface area contributed by atoms with Crippen LogP contribution < -0.4 is 0 Å². The standard InChI is InChI=1S/C7H9N3O4/c1-3(2)14-7(13)5-4(6(11)12)8-10-9-5/h3H,1-2H3,(H,11,12)(H,8,9,10). The second kappa shape index (κ2) is 3.86. The van der Waals surface area contributed by atoms with Crippen molar-refractivity contribution in [3.05, 3.63) is 11.4 Å². The van der Waals surface area contributed by atoms with E-state index in [4.69, 9.17) is 9.84 Å². The molecule has 0 spiro atoms. The van der Waals surface area contributed by atoms with Gasteiger partial charge < -0.3 is 9.84 Å². The predicted octanol–water partition coefficient (Wildman–Crippen LogP) is 0.0681. The molecule has 0 radical (unpaired) electrons. The highest BCUT2D eigenvalue weighted by molar-refractivity contribution is 5.99. The second-order valence-electron chi connectivity index (χ2n) is 2.78. The second-order valence-corrected chi connectivity index (χ2v) is 2.78. The minimum atomic E-state index is -1.32. The summed E-state index contributed by atoms with van der Waals surface area (Å²) in [4.78, 5) is 21.8. The predicted molar refractivity (Wildman–Crippen MR) is 43.9 cm³/mol. The number of aromatic carboxylic acids is 1. The molecule has 0 aliphatic heterocycles. The number of carboxylic acid groups (broad SMARTS) is 1. The van der Waals surface area contributed by atoms with E-state index < -0.39 is 17.6 Å². The Labute approximate surface area is 79.1 Å². The number of hydrogen-bond acceptors (Lipinski definition) is 5. The quantitative estimate of drug-likeness (QED) is 0.667. The lowest BCUT2D eigenvalue weighted by Gasteiger charge is -2.05. The summed E-state index contributed by atoms with van der Waals surface area (Å²) in [6.07, 6.45) is -0.333. The largest absolute Gasteiger partial charge is 0.476 e. The van der Waals surface area contributed by atoms with Crippen molar-refractivity contribution in [1.29, 1.82) is 0 Å². The van der Waals surface area contributed by atoms with E-state index in [-0.39, 0.29) is 11.8 Å². The summed E-state index contributed by atoms with van der Waals surface area (Å²) >= 11 is 0. The van der Waals surface area contributed by atoms with Crippen molar-refractivity contribution in [1.82, 2.24) is 15.4 Å². The Hall–Kier alpha value is -1.92. The fourth-order valence-electron chi connectivity index (χ4n) is 0.792. The first-order valence-electron chi connectivity index (χ1n) is 3.87. The summed E-state index contributed by atoms with van der Waals surface area (Å²) in [5, 5.41) is 17.4. The van der Waals surface area contributed by atoms with Crippen LogP contribution in [0.25, 0.3) is 0 Å². The number of nitrogens with zero attached hydrogens (tertiary/aromatic N) is 2. The molecule has 0 atom stereocenters. The molecule has 0 saturated carbocycles. The van der Waals surface area contributed by atoms with Crippen molar-refractivity contribution in [3.8, 4) is 0 Å². The fraction of sp³-hybridized carbons (Fsp3) is 0.429. The minimum absolute atomic E-state index is 0.314. The molecule has 14 heavy (non-hydrogen) atoms. The number of carbonyl (C=O) groups is 2. The maximum absolute atomic E-state index is 11.2. The zero-order chi connectivity index (χ0) is 10.7. The molecule has 0 bridgehead atoms.